The van der Waals surface area contributed by atoms with E-state index in [1.54, 1.807) is 30.3 Å². The number of Topliss-reactive ketones (excluding diaryl/α,β-unsaturated/α-hetero) is 5. The molecule has 2 aliphatic carbocycles. The third kappa shape index (κ3) is 4.74. The summed E-state index contributed by atoms with van der Waals surface area (Å²) >= 11 is 1.26. The average Bonchev–Trinajstić information content (AvgIpc) is 3.71. The maximum atomic E-state index is 12.9. The van der Waals surface area contributed by atoms with Crippen molar-refractivity contribution in [3.63, 3.8) is 0 Å². The second kappa shape index (κ2) is 10.6. The molecule has 0 spiro atoms. The number of carbonyl (C=O) groups excluding carboxylic acids is 6. The molecule has 2 aliphatic heterocycles. The van der Waals surface area contributed by atoms with Gasteiger partial charge in [-0.25, -0.2) is 0 Å². The van der Waals surface area contributed by atoms with Crippen molar-refractivity contribution in [3.05, 3.63) is 58.7 Å². The van der Waals surface area contributed by atoms with Crippen LogP contribution in [0.3, 0.4) is 0 Å². The molecule has 0 bridgehead atoms. The number of fused-ring (bicyclic) bond motifs is 2. The topological polar surface area (TPSA) is 126 Å². The van der Waals surface area contributed by atoms with Crippen LogP contribution >= 0.6 is 11.8 Å². The van der Waals surface area contributed by atoms with E-state index in [4.69, 9.17) is 0 Å². The molecule has 0 radical (unpaired) electrons. The molecule has 3 unspecified atom stereocenters. The van der Waals surface area contributed by atoms with Crippen molar-refractivity contribution >= 4 is 47.0 Å². The van der Waals surface area contributed by atoms with Crippen LogP contribution in [0.5, 0.6) is 0 Å². The predicted molar refractivity (Wildman–Crippen MR) is 136 cm³/mol. The van der Waals surface area contributed by atoms with Gasteiger partial charge in [0.1, 0.15) is 18.1 Å². The number of hydrogen-bond acceptors (Lipinski definition) is 9. The zero-order valence-electron chi connectivity index (χ0n) is 20.1. The molecule has 9 heteroatoms. The maximum absolute atomic E-state index is 12.9. The largest absolute Gasteiger partial charge is 0.317 e. The van der Waals surface area contributed by atoms with E-state index in [-0.39, 0.29) is 28.0 Å². The molecule has 2 heterocycles. The number of carbonyl (C=O) groups is 6. The van der Waals surface area contributed by atoms with Crippen molar-refractivity contribution in [1.29, 1.82) is 0 Å². The first-order valence-electron chi connectivity index (χ1n) is 12.5. The van der Waals surface area contributed by atoms with Gasteiger partial charge >= 0.3 is 0 Å². The first-order valence-corrected chi connectivity index (χ1v) is 13.3. The van der Waals surface area contributed by atoms with Crippen molar-refractivity contribution < 1.29 is 28.8 Å². The van der Waals surface area contributed by atoms with E-state index in [1.807, 2.05) is 0 Å². The summed E-state index contributed by atoms with van der Waals surface area (Å²) < 4.78 is 0. The quantitative estimate of drug-likeness (QED) is 0.454. The first-order chi connectivity index (χ1) is 17.9. The minimum absolute atomic E-state index is 0.208. The van der Waals surface area contributed by atoms with Gasteiger partial charge in [-0.3, -0.25) is 24.0 Å². The lowest BCUT2D eigenvalue weighted by Gasteiger charge is -2.12. The van der Waals surface area contributed by atoms with E-state index in [1.165, 1.54) is 43.8 Å². The highest BCUT2D eigenvalue weighted by Gasteiger charge is 2.46. The van der Waals surface area contributed by atoms with Crippen molar-refractivity contribution in [2.45, 2.75) is 41.5 Å². The molecule has 2 fully saturated rings. The molecule has 0 saturated carbocycles. The lowest BCUT2D eigenvalue weighted by molar-refractivity contribution is -0.122. The molecule has 3 atom stereocenters. The number of benzene rings is 2. The summed E-state index contributed by atoms with van der Waals surface area (Å²) in [7, 11) is 0. The molecule has 8 nitrogen and oxygen atoms in total. The first kappa shape index (κ1) is 25.4. The van der Waals surface area contributed by atoms with Crippen molar-refractivity contribution in [1.82, 2.24) is 10.6 Å². The van der Waals surface area contributed by atoms with E-state index < -0.39 is 41.0 Å². The van der Waals surface area contributed by atoms with Crippen molar-refractivity contribution in [2.75, 3.05) is 19.6 Å². The Labute approximate surface area is 218 Å². The van der Waals surface area contributed by atoms with Crippen LogP contribution < -0.4 is 10.6 Å². The Morgan fingerprint density at radius 3 is 1.86 bits per heavy atom. The SMILES string of the molecule is C1CCNC1.O=CC1C(=O)c2ccc(Sc3ccc4c(c3)C(=O)C(C(=O)C3CCCN3)C4=O)cc2C1=O. The summed E-state index contributed by atoms with van der Waals surface area (Å²) in [4.78, 5) is 75.2. The minimum Gasteiger partial charge on any atom is -0.317 e. The fourth-order valence-corrected chi connectivity index (χ4v) is 6.06. The van der Waals surface area contributed by atoms with E-state index in [0.717, 1.165) is 6.42 Å². The van der Waals surface area contributed by atoms with Gasteiger partial charge in [-0.1, -0.05) is 11.8 Å². The van der Waals surface area contributed by atoms with Gasteiger partial charge in [0.05, 0.1) is 6.04 Å². The van der Waals surface area contributed by atoms with Crippen LogP contribution in [0, 0.1) is 11.8 Å². The third-order valence-corrected chi connectivity index (χ3v) is 8.13. The van der Waals surface area contributed by atoms with Crippen LogP contribution in [-0.4, -0.2) is 60.9 Å². The van der Waals surface area contributed by atoms with Crippen molar-refractivity contribution in [3.8, 4) is 0 Å². The Morgan fingerprint density at radius 2 is 1.32 bits per heavy atom. The Bertz CT molecular complexity index is 1320. The normalized spacial score (nSPS) is 24.1. The summed E-state index contributed by atoms with van der Waals surface area (Å²) in [5, 5.41) is 6.27. The predicted octanol–water partition coefficient (Wildman–Crippen LogP) is 2.72. The van der Waals surface area contributed by atoms with Gasteiger partial charge in [-0.2, -0.15) is 0 Å². The molecule has 2 N–H and O–H groups in total. The van der Waals surface area contributed by atoms with Gasteiger partial charge in [-0.05, 0) is 81.7 Å². The zero-order valence-corrected chi connectivity index (χ0v) is 20.9. The fraction of sp³-hybridized carbons (Fsp3) is 0.357. The molecule has 0 amide bonds. The Hall–Kier alpha value is -3.27. The van der Waals surface area contributed by atoms with E-state index in [9.17, 15) is 28.8 Å². The lowest BCUT2D eigenvalue weighted by atomic mass is 9.93. The summed E-state index contributed by atoms with van der Waals surface area (Å²) in [5.41, 5.74) is 0.913. The highest BCUT2D eigenvalue weighted by Crippen LogP contribution is 2.37. The molecule has 2 aromatic carbocycles. The van der Waals surface area contributed by atoms with Gasteiger partial charge in [0, 0.05) is 32.0 Å². The summed E-state index contributed by atoms with van der Waals surface area (Å²) in [6.45, 7) is 3.20. The average molecular weight is 519 g/mol. The van der Waals surface area contributed by atoms with Crippen LogP contribution in [0.25, 0.3) is 0 Å². The molecule has 0 aromatic heterocycles. The monoisotopic (exact) mass is 518 g/mol. The van der Waals surface area contributed by atoms with Crippen LogP contribution in [0.4, 0.5) is 0 Å². The van der Waals surface area contributed by atoms with Crippen LogP contribution in [0.2, 0.25) is 0 Å². The van der Waals surface area contributed by atoms with E-state index in [2.05, 4.69) is 10.6 Å². The Morgan fingerprint density at radius 1 is 0.757 bits per heavy atom. The molecule has 37 heavy (non-hydrogen) atoms. The molecular formula is C28H26N2O6S. The number of nitrogens with one attached hydrogen (secondary N) is 2. The number of hydrogen-bond donors (Lipinski definition) is 2. The summed E-state index contributed by atoms with van der Waals surface area (Å²) in [6.07, 6.45) is 4.60. The van der Waals surface area contributed by atoms with Crippen LogP contribution in [0.1, 0.15) is 67.1 Å². The molecule has 2 aromatic rings. The van der Waals surface area contributed by atoms with Crippen LogP contribution in [-0.2, 0) is 9.59 Å². The minimum atomic E-state index is -1.29. The number of ketones is 5. The molecule has 4 aliphatic rings. The lowest BCUT2D eigenvalue weighted by Crippen LogP contribution is -2.39. The summed E-state index contributed by atoms with van der Waals surface area (Å²) in [6, 6.07) is 9.11. The van der Waals surface area contributed by atoms with Gasteiger partial charge in [0.2, 0.25) is 0 Å². The number of aldehydes is 1. The second-order valence-electron chi connectivity index (χ2n) is 9.53. The van der Waals surface area contributed by atoms with Gasteiger partial charge in [0.25, 0.3) is 0 Å². The zero-order chi connectivity index (χ0) is 26.1. The van der Waals surface area contributed by atoms with Gasteiger partial charge in [-0.15, -0.1) is 0 Å². The molecular weight excluding hydrogens is 492 g/mol. The summed E-state index contributed by atoms with van der Waals surface area (Å²) in [5.74, 6) is -4.88. The number of rotatable bonds is 5. The van der Waals surface area contributed by atoms with Gasteiger partial charge in [0.15, 0.2) is 28.9 Å². The van der Waals surface area contributed by atoms with E-state index in [0.29, 0.717) is 29.0 Å². The third-order valence-electron chi connectivity index (χ3n) is 7.15. The van der Waals surface area contributed by atoms with Gasteiger partial charge < -0.3 is 15.4 Å². The van der Waals surface area contributed by atoms with E-state index >= 15 is 0 Å². The maximum Gasteiger partial charge on any atom is 0.182 e. The molecule has 190 valence electrons. The second-order valence-corrected chi connectivity index (χ2v) is 10.7. The fourth-order valence-electron chi connectivity index (χ4n) is 5.17. The molecule has 2 saturated heterocycles. The van der Waals surface area contributed by atoms with Crippen molar-refractivity contribution in [2.24, 2.45) is 11.8 Å². The van der Waals surface area contributed by atoms with Crippen LogP contribution in [0.15, 0.2) is 46.2 Å². The smallest absolute Gasteiger partial charge is 0.182 e. The highest BCUT2D eigenvalue weighted by molar-refractivity contribution is 7.99. The Kier molecular flexibility index (Phi) is 7.28. The highest BCUT2D eigenvalue weighted by atomic mass is 32.2. The molecule has 6 rings (SSSR count). The standard InChI is InChI=1S/C24H17NO6S.C4H9N/c26-10-17-20(27)13-5-3-11(8-15(13)21(17)28)32-12-4-6-14-16(9-12)23(30)19(22(14)29)24(31)18-2-1-7-25-18;1-2-4-5-3-1/h3-6,8-10,17-19,25H,1-2,7H2;5H,1-4H2. The Balaban J connectivity index is 0.000000503.